The van der Waals surface area contributed by atoms with Crippen LogP contribution in [-0.2, 0) is 27.8 Å². The smallest absolute Gasteiger partial charge is 0.287 e. The Morgan fingerprint density at radius 3 is 2.41 bits per heavy atom. The SMILES string of the molecule is C[Si](C)(C)CCOCn1cc(-c2ccncc2)c(-c2ccc(OCc3nc4ccccc4cc3C(=O)N=S(C)(C)=O)cc2)n1. The van der Waals surface area contributed by atoms with E-state index in [1.54, 1.807) is 18.5 Å². The molecule has 0 aliphatic carbocycles. The molecule has 11 heteroatoms. The summed E-state index contributed by atoms with van der Waals surface area (Å²) in [5, 5.41) is 5.66. The van der Waals surface area contributed by atoms with Gasteiger partial charge in [-0.1, -0.05) is 37.8 Å². The molecule has 0 spiro atoms. The van der Waals surface area contributed by atoms with Crippen molar-refractivity contribution in [1.82, 2.24) is 19.7 Å². The van der Waals surface area contributed by atoms with E-state index >= 15 is 0 Å². The molecule has 0 bridgehead atoms. The highest BCUT2D eigenvalue weighted by atomic mass is 32.2. The molecule has 0 radical (unpaired) electrons. The molecular formula is C33H37N5O4SSi. The Bertz CT molecular complexity index is 1890. The third kappa shape index (κ3) is 8.25. The van der Waals surface area contributed by atoms with Crippen LogP contribution in [0.4, 0.5) is 0 Å². The van der Waals surface area contributed by atoms with Crippen molar-refractivity contribution in [3.63, 3.8) is 0 Å². The number of para-hydroxylation sites is 1. The molecule has 0 saturated carbocycles. The lowest BCUT2D eigenvalue weighted by molar-refractivity contribution is 0.0788. The molecule has 5 rings (SSSR count). The van der Waals surface area contributed by atoms with Crippen LogP contribution in [-0.4, -0.2) is 57.1 Å². The molecule has 9 nitrogen and oxygen atoms in total. The molecule has 2 aromatic carbocycles. The first kappa shape index (κ1) is 31.2. The molecule has 0 atom stereocenters. The number of fused-ring (bicyclic) bond motifs is 1. The minimum Gasteiger partial charge on any atom is -0.487 e. The topological polar surface area (TPSA) is 109 Å². The number of rotatable bonds is 11. The monoisotopic (exact) mass is 627 g/mol. The van der Waals surface area contributed by atoms with Crippen LogP contribution in [0.3, 0.4) is 0 Å². The number of nitrogens with zero attached hydrogens (tertiary/aromatic N) is 5. The highest BCUT2D eigenvalue weighted by molar-refractivity contribution is 7.92. The summed E-state index contributed by atoms with van der Waals surface area (Å²) in [7, 11) is -3.82. The zero-order valence-electron chi connectivity index (χ0n) is 25.7. The quantitative estimate of drug-likeness (QED) is 0.116. The van der Waals surface area contributed by atoms with Gasteiger partial charge in [-0.3, -0.25) is 9.78 Å². The summed E-state index contributed by atoms with van der Waals surface area (Å²) < 4.78 is 30.0. The number of aromatic nitrogens is 4. The Labute approximate surface area is 259 Å². The van der Waals surface area contributed by atoms with Crippen LogP contribution in [0, 0.1) is 0 Å². The minimum absolute atomic E-state index is 0.0427. The van der Waals surface area contributed by atoms with Gasteiger partial charge in [0.05, 0.1) is 16.8 Å². The number of carbonyl (C=O) groups excluding carboxylic acids is 1. The molecule has 44 heavy (non-hydrogen) atoms. The molecular weight excluding hydrogens is 591 g/mol. The van der Waals surface area contributed by atoms with Crippen LogP contribution in [0.2, 0.25) is 25.7 Å². The molecule has 228 valence electrons. The van der Waals surface area contributed by atoms with Gasteiger partial charge in [-0.15, -0.1) is 0 Å². The first-order valence-corrected chi connectivity index (χ1v) is 20.4. The van der Waals surface area contributed by atoms with Crippen LogP contribution >= 0.6 is 0 Å². The van der Waals surface area contributed by atoms with Crippen LogP contribution < -0.4 is 4.74 Å². The highest BCUT2D eigenvalue weighted by Gasteiger charge is 2.18. The fourth-order valence-corrected chi connectivity index (χ4v) is 5.79. The summed E-state index contributed by atoms with van der Waals surface area (Å²) >= 11 is 0. The van der Waals surface area contributed by atoms with E-state index in [4.69, 9.17) is 14.6 Å². The average Bonchev–Trinajstić information content (AvgIpc) is 3.41. The van der Waals surface area contributed by atoms with E-state index in [-0.39, 0.29) is 12.2 Å². The van der Waals surface area contributed by atoms with Crippen molar-refractivity contribution in [2.24, 2.45) is 4.36 Å². The zero-order valence-corrected chi connectivity index (χ0v) is 27.5. The number of amides is 1. The number of carbonyl (C=O) groups is 1. The van der Waals surface area contributed by atoms with Crippen molar-refractivity contribution in [3.8, 4) is 28.1 Å². The second-order valence-corrected chi connectivity index (χ2v) is 20.2. The number of ether oxygens (including phenoxy) is 2. The van der Waals surface area contributed by atoms with Gasteiger partial charge in [0.15, 0.2) is 0 Å². The Kier molecular flexibility index (Phi) is 9.38. The van der Waals surface area contributed by atoms with E-state index in [2.05, 4.69) is 34.0 Å². The van der Waals surface area contributed by atoms with Crippen molar-refractivity contribution in [2.45, 2.75) is 39.0 Å². The zero-order chi connectivity index (χ0) is 31.3. The lowest BCUT2D eigenvalue weighted by atomic mass is 10.0. The first-order valence-electron chi connectivity index (χ1n) is 14.3. The molecule has 0 N–H and O–H groups in total. The first-order chi connectivity index (χ1) is 20.9. The number of hydrogen-bond donors (Lipinski definition) is 0. The van der Waals surface area contributed by atoms with Gasteiger partial charge in [0.2, 0.25) is 0 Å². The summed E-state index contributed by atoms with van der Waals surface area (Å²) in [4.78, 5) is 21.8. The van der Waals surface area contributed by atoms with Crippen molar-refractivity contribution in [1.29, 1.82) is 0 Å². The molecule has 0 saturated heterocycles. The van der Waals surface area contributed by atoms with Gasteiger partial charge in [0, 0.05) is 72.0 Å². The predicted octanol–water partition coefficient (Wildman–Crippen LogP) is 6.92. The maximum Gasteiger partial charge on any atom is 0.287 e. The van der Waals surface area contributed by atoms with Gasteiger partial charge in [0.25, 0.3) is 5.91 Å². The summed E-state index contributed by atoms with van der Waals surface area (Å²) in [6, 6.07) is 21.9. The molecule has 3 heterocycles. The number of hydrogen-bond acceptors (Lipinski definition) is 7. The second-order valence-electron chi connectivity index (χ2n) is 12.1. The standard InChI is InChI=1S/C33H37N5O4SSi/c1-43(2,40)37-33(39)28-20-26-8-6-7-9-30(26)35-31(28)22-42-27-12-10-25(11-13-27)32-29(24-14-16-34-17-15-24)21-38(36-32)23-41-18-19-44(3,4)5/h6-17,20-21H,18-19,22-23H2,1-5H3. The van der Waals surface area contributed by atoms with E-state index in [1.165, 1.54) is 12.5 Å². The molecule has 0 aliphatic heterocycles. The van der Waals surface area contributed by atoms with Crippen LogP contribution in [0.15, 0.2) is 89.7 Å². The minimum atomic E-state index is -2.64. The second kappa shape index (κ2) is 13.2. The van der Waals surface area contributed by atoms with E-state index in [0.29, 0.717) is 24.8 Å². The predicted molar refractivity (Wildman–Crippen MR) is 178 cm³/mol. The Hall–Kier alpha value is -4.19. The largest absolute Gasteiger partial charge is 0.487 e. The molecule has 5 aromatic rings. The average molecular weight is 628 g/mol. The van der Waals surface area contributed by atoms with Gasteiger partial charge >= 0.3 is 0 Å². The maximum absolute atomic E-state index is 13.0. The molecule has 1 amide bonds. The lowest BCUT2D eigenvalue weighted by Crippen LogP contribution is -2.22. The fraction of sp³-hybridized carbons (Fsp3) is 0.273. The van der Waals surface area contributed by atoms with Crippen molar-refractivity contribution in [2.75, 3.05) is 19.1 Å². The fourth-order valence-electron chi connectivity index (χ4n) is 4.54. The number of pyridine rings is 2. The van der Waals surface area contributed by atoms with Crippen LogP contribution in [0.25, 0.3) is 33.3 Å². The van der Waals surface area contributed by atoms with Crippen LogP contribution in [0.5, 0.6) is 5.75 Å². The third-order valence-electron chi connectivity index (χ3n) is 6.81. The Morgan fingerprint density at radius 2 is 1.70 bits per heavy atom. The van der Waals surface area contributed by atoms with Crippen LogP contribution in [0.1, 0.15) is 16.1 Å². The summed E-state index contributed by atoms with van der Waals surface area (Å²) in [5.41, 5.74) is 5.17. The van der Waals surface area contributed by atoms with Crippen molar-refractivity contribution in [3.05, 3.63) is 96.6 Å². The maximum atomic E-state index is 13.0. The van der Waals surface area contributed by atoms with Crippen molar-refractivity contribution < 1.29 is 18.5 Å². The van der Waals surface area contributed by atoms with E-state index < -0.39 is 23.7 Å². The third-order valence-corrected chi connectivity index (χ3v) is 9.12. The molecule has 3 aromatic heterocycles. The van der Waals surface area contributed by atoms with Gasteiger partial charge in [-0.2, -0.15) is 9.46 Å². The van der Waals surface area contributed by atoms with Gasteiger partial charge < -0.3 is 9.47 Å². The number of benzene rings is 2. The summed E-state index contributed by atoms with van der Waals surface area (Å²) in [5.74, 6) is 0.0318. The Morgan fingerprint density at radius 1 is 0.977 bits per heavy atom. The molecule has 0 aliphatic rings. The van der Waals surface area contributed by atoms with Gasteiger partial charge in [-0.05, 0) is 60.1 Å². The van der Waals surface area contributed by atoms with E-state index in [0.717, 1.165) is 39.3 Å². The summed E-state index contributed by atoms with van der Waals surface area (Å²) in [6.45, 7) is 8.13. The van der Waals surface area contributed by atoms with Gasteiger partial charge in [-0.25, -0.2) is 13.9 Å². The van der Waals surface area contributed by atoms with E-state index in [1.807, 2.05) is 71.5 Å². The van der Waals surface area contributed by atoms with Gasteiger partial charge in [0.1, 0.15) is 24.8 Å². The normalized spacial score (nSPS) is 11.9. The Balaban J connectivity index is 1.37. The van der Waals surface area contributed by atoms with E-state index in [9.17, 15) is 9.00 Å². The highest BCUT2D eigenvalue weighted by Crippen LogP contribution is 2.32. The molecule has 0 fully saturated rings. The molecule has 0 unspecified atom stereocenters. The lowest BCUT2D eigenvalue weighted by Gasteiger charge is -2.15. The van der Waals surface area contributed by atoms with Crippen molar-refractivity contribution >= 4 is 34.6 Å². The summed E-state index contributed by atoms with van der Waals surface area (Å²) in [6.07, 6.45) is 8.40.